The first kappa shape index (κ1) is 19.0. The van der Waals surface area contributed by atoms with Crippen molar-refractivity contribution in [3.63, 3.8) is 0 Å². The van der Waals surface area contributed by atoms with E-state index in [-0.39, 0.29) is 6.04 Å². The first-order valence-corrected chi connectivity index (χ1v) is 9.44. The van der Waals surface area contributed by atoms with E-state index >= 15 is 0 Å². The number of carbonyl (C=O) groups is 1. The first-order valence-electron chi connectivity index (χ1n) is 7.53. The Morgan fingerprint density at radius 3 is 2.42 bits per heavy atom. The molecule has 6 heteroatoms. The van der Waals surface area contributed by atoms with Crippen LogP contribution >= 0.6 is 31.9 Å². The Morgan fingerprint density at radius 1 is 1.12 bits per heavy atom. The van der Waals surface area contributed by atoms with Crippen LogP contribution in [-0.4, -0.2) is 23.8 Å². The van der Waals surface area contributed by atoms with Crippen LogP contribution in [0.15, 0.2) is 53.0 Å². The predicted octanol–water partition coefficient (Wildman–Crippen LogP) is 4.74. The normalized spacial score (nSPS) is 11.9. The topological polar surface area (TPSA) is 58.6 Å². The van der Waals surface area contributed by atoms with Gasteiger partial charge in [0.2, 0.25) is 0 Å². The Hall–Kier alpha value is -1.37. The molecule has 1 unspecified atom stereocenters. The van der Waals surface area contributed by atoms with Gasteiger partial charge >= 0.3 is 6.09 Å². The molecule has 0 aliphatic rings. The molecule has 2 rings (SSSR count). The third-order valence-corrected chi connectivity index (χ3v) is 4.69. The number of nitrogens with one attached hydrogen (secondary N) is 1. The highest BCUT2D eigenvalue weighted by Gasteiger charge is 2.13. The molecule has 128 valence electrons. The van der Waals surface area contributed by atoms with Gasteiger partial charge in [0.05, 0.1) is 19.3 Å². The molecule has 0 aromatic heterocycles. The Bertz CT molecular complexity index is 662. The van der Waals surface area contributed by atoms with Gasteiger partial charge in [0.1, 0.15) is 0 Å². The van der Waals surface area contributed by atoms with Gasteiger partial charge in [-0.1, -0.05) is 68.3 Å². The molecule has 0 radical (unpaired) electrons. The van der Waals surface area contributed by atoms with Crippen molar-refractivity contribution in [1.82, 2.24) is 5.32 Å². The fraction of sp³-hybridized carbons (Fsp3) is 0.278. The number of carboxylic acid groups (broad SMARTS) is 1. The monoisotopic (exact) mass is 455 g/mol. The summed E-state index contributed by atoms with van der Waals surface area (Å²) in [6.45, 7) is 0.777. The highest BCUT2D eigenvalue weighted by molar-refractivity contribution is 9.10. The van der Waals surface area contributed by atoms with Crippen molar-refractivity contribution < 1.29 is 14.6 Å². The molecular formula is C18H19Br2NO3. The van der Waals surface area contributed by atoms with Crippen LogP contribution in [0.5, 0.6) is 0 Å². The summed E-state index contributed by atoms with van der Waals surface area (Å²) in [5, 5.41) is 12.3. The molecule has 0 spiro atoms. The standard InChI is InChI=1S/C18H19Br2NO3/c19-10-14-3-1-2-4-15(14)11-24-12-17(21-18(22)23)9-13-5-7-16(20)8-6-13/h1-8,17,21H,9-12H2,(H,22,23). The fourth-order valence-corrected chi connectivity index (χ4v) is 3.18. The largest absolute Gasteiger partial charge is 0.465 e. The van der Waals surface area contributed by atoms with Crippen molar-refractivity contribution >= 4 is 38.0 Å². The van der Waals surface area contributed by atoms with Crippen molar-refractivity contribution in [3.05, 3.63) is 69.7 Å². The van der Waals surface area contributed by atoms with Crippen LogP contribution in [0.25, 0.3) is 0 Å². The van der Waals surface area contributed by atoms with E-state index in [1.165, 1.54) is 5.56 Å². The lowest BCUT2D eigenvalue weighted by Gasteiger charge is -2.18. The maximum Gasteiger partial charge on any atom is 0.404 e. The van der Waals surface area contributed by atoms with Gasteiger partial charge in [0.25, 0.3) is 0 Å². The van der Waals surface area contributed by atoms with E-state index in [1.54, 1.807) is 0 Å². The average Bonchev–Trinajstić information content (AvgIpc) is 2.57. The number of halogens is 2. The summed E-state index contributed by atoms with van der Waals surface area (Å²) in [6.07, 6.45) is -0.457. The summed E-state index contributed by atoms with van der Waals surface area (Å²) in [6, 6.07) is 15.6. The van der Waals surface area contributed by atoms with E-state index < -0.39 is 6.09 Å². The molecule has 0 aliphatic carbocycles. The van der Waals surface area contributed by atoms with Crippen molar-refractivity contribution in [3.8, 4) is 0 Å². The van der Waals surface area contributed by atoms with Crippen molar-refractivity contribution in [2.45, 2.75) is 24.4 Å². The molecule has 0 saturated heterocycles. The zero-order valence-electron chi connectivity index (χ0n) is 13.0. The predicted molar refractivity (Wildman–Crippen MR) is 102 cm³/mol. The van der Waals surface area contributed by atoms with E-state index in [1.807, 2.05) is 48.5 Å². The second-order valence-electron chi connectivity index (χ2n) is 5.39. The van der Waals surface area contributed by atoms with E-state index in [0.29, 0.717) is 19.6 Å². The highest BCUT2D eigenvalue weighted by atomic mass is 79.9. The van der Waals surface area contributed by atoms with Crippen molar-refractivity contribution in [2.24, 2.45) is 0 Å². The molecule has 24 heavy (non-hydrogen) atoms. The van der Waals surface area contributed by atoms with Crippen molar-refractivity contribution in [1.29, 1.82) is 0 Å². The highest BCUT2D eigenvalue weighted by Crippen LogP contribution is 2.15. The minimum Gasteiger partial charge on any atom is -0.465 e. The smallest absolute Gasteiger partial charge is 0.404 e. The molecule has 2 aromatic carbocycles. The average molecular weight is 457 g/mol. The van der Waals surface area contributed by atoms with Crippen LogP contribution in [0.2, 0.25) is 0 Å². The van der Waals surface area contributed by atoms with Crippen LogP contribution in [0.4, 0.5) is 4.79 Å². The van der Waals surface area contributed by atoms with Gasteiger partial charge in [0, 0.05) is 9.80 Å². The Balaban J connectivity index is 1.93. The van der Waals surface area contributed by atoms with Crippen LogP contribution < -0.4 is 5.32 Å². The van der Waals surface area contributed by atoms with Gasteiger partial charge in [-0.2, -0.15) is 0 Å². The lowest BCUT2D eigenvalue weighted by atomic mass is 10.1. The molecule has 0 aliphatic heterocycles. The Kier molecular flexibility index (Phi) is 7.75. The Labute approximate surface area is 158 Å². The van der Waals surface area contributed by atoms with Crippen LogP contribution in [-0.2, 0) is 23.1 Å². The van der Waals surface area contributed by atoms with E-state index in [4.69, 9.17) is 9.84 Å². The number of hydrogen-bond acceptors (Lipinski definition) is 2. The summed E-state index contributed by atoms with van der Waals surface area (Å²) in [7, 11) is 0. The fourth-order valence-electron chi connectivity index (χ4n) is 2.37. The number of rotatable bonds is 8. The molecule has 0 heterocycles. The quantitative estimate of drug-likeness (QED) is 0.564. The van der Waals surface area contributed by atoms with Gasteiger partial charge in [-0.15, -0.1) is 0 Å². The molecule has 4 nitrogen and oxygen atoms in total. The summed E-state index contributed by atoms with van der Waals surface area (Å²) in [5.74, 6) is 0. The lowest BCUT2D eigenvalue weighted by Crippen LogP contribution is -2.38. The summed E-state index contributed by atoms with van der Waals surface area (Å²) < 4.78 is 6.76. The van der Waals surface area contributed by atoms with Gasteiger partial charge in [0.15, 0.2) is 0 Å². The molecular weight excluding hydrogens is 438 g/mol. The van der Waals surface area contributed by atoms with Crippen LogP contribution in [0, 0.1) is 0 Å². The number of amides is 1. The minimum atomic E-state index is -1.04. The third kappa shape index (κ3) is 6.26. The molecule has 1 atom stereocenters. The van der Waals surface area contributed by atoms with Crippen molar-refractivity contribution in [2.75, 3.05) is 6.61 Å². The zero-order chi connectivity index (χ0) is 17.4. The van der Waals surface area contributed by atoms with E-state index in [0.717, 1.165) is 20.9 Å². The first-order chi connectivity index (χ1) is 11.6. The maximum absolute atomic E-state index is 11.0. The second kappa shape index (κ2) is 9.81. The number of ether oxygens (including phenoxy) is 1. The van der Waals surface area contributed by atoms with Gasteiger partial charge in [-0.25, -0.2) is 4.79 Å². The molecule has 1 amide bonds. The van der Waals surface area contributed by atoms with Gasteiger partial charge < -0.3 is 15.2 Å². The molecule has 0 saturated carbocycles. The second-order valence-corrected chi connectivity index (χ2v) is 6.87. The zero-order valence-corrected chi connectivity index (χ0v) is 16.2. The molecule has 2 aromatic rings. The number of alkyl halides is 1. The van der Waals surface area contributed by atoms with E-state index in [2.05, 4.69) is 37.2 Å². The van der Waals surface area contributed by atoms with Gasteiger partial charge in [-0.05, 0) is 35.2 Å². The minimum absolute atomic E-state index is 0.292. The molecule has 2 N–H and O–H groups in total. The lowest BCUT2D eigenvalue weighted by molar-refractivity contribution is 0.0960. The summed E-state index contributed by atoms with van der Waals surface area (Å²) in [5.41, 5.74) is 3.33. The summed E-state index contributed by atoms with van der Waals surface area (Å²) >= 11 is 6.86. The third-order valence-electron chi connectivity index (χ3n) is 3.56. The number of benzene rings is 2. The van der Waals surface area contributed by atoms with E-state index in [9.17, 15) is 4.79 Å². The molecule has 0 bridgehead atoms. The maximum atomic E-state index is 11.0. The van der Waals surface area contributed by atoms with Crippen LogP contribution in [0.3, 0.4) is 0 Å². The Morgan fingerprint density at radius 2 is 1.79 bits per heavy atom. The SMILES string of the molecule is O=C(O)NC(COCc1ccccc1CBr)Cc1ccc(Br)cc1. The van der Waals surface area contributed by atoms with Gasteiger partial charge in [-0.3, -0.25) is 0 Å². The van der Waals surface area contributed by atoms with Crippen LogP contribution in [0.1, 0.15) is 16.7 Å². The molecule has 0 fully saturated rings. The summed E-state index contributed by atoms with van der Waals surface area (Å²) in [4.78, 5) is 11.0. The number of hydrogen-bond donors (Lipinski definition) is 2.